The molecule has 0 aliphatic heterocycles. The van der Waals surface area contributed by atoms with Gasteiger partial charge >= 0.3 is 0 Å². The molecule has 4 N–H and O–H groups in total. The van der Waals surface area contributed by atoms with Crippen LogP contribution in [0, 0.1) is 0 Å². The molecule has 2 atom stereocenters. The minimum Gasteiger partial charge on any atom is -0.387 e. The van der Waals surface area contributed by atoms with E-state index in [-0.39, 0.29) is 18.5 Å². The largest absolute Gasteiger partial charge is 0.387 e. The Bertz CT molecular complexity index is 356. The van der Waals surface area contributed by atoms with Gasteiger partial charge in [-0.25, -0.2) is 5.84 Å². The number of nitrogens with two attached hydrogens (primary N) is 1. The van der Waals surface area contributed by atoms with Gasteiger partial charge in [-0.1, -0.05) is 30.3 Å². The smallest absolute Gasteiger partial charge is 0.248 e. The number of nitrogens with one attached hydrogen (secondary N) is 1. The first-order chi connectivity index (χ1) is 8.06. The second kappa shape index (κ2) is 6.34. The number of benzene rings is 1. The van der Waals surface area contributed by atoms with Crippen LogP contribution >= 0.6 is 0 Å². The second-order valence-electron chi connectivity index (χ2n) is 4.08. The number of aliphatic hydroxyl groups is 1. The zero-order chi connectivity index (χ0) is 12.8. The van der Waals surface area contributed by atoms with Crippen molar-refractivity contribution in [1.82, 2.24) is 10.3 Å². The summed E-state index contributed by atoms with van der Waals surface area (Å²) in [6.07, 6.45) is -0.633. The number of hydrazine groups is 1. The third kappa shape index (κ3) is 3.81. The Kier molecular flexibility index (Phi) is 5.09. The van der Waals surface area contributed by atoms with E-state index in [1.807, 2.05) is 37.3 Å². The number of likely N-dealkylation sites (N-methyl/N-ethyl adjacent to an activating group) is 1. The molecule has 0 bridgehead atoms. The topological polar surface area (TPSA) is 78.6 Å². The Morgan fingerprint density at radius 2 is 2.06 bits per heavy atom. The van der Waals surface area contributed by atoms with Gasteiger partial charge in [-0.15, -0.1) is 0 Å². The van der Waals surface area contributed by atoms with Crippen LogP contribution in [0.5, 0.6) is 0 Å². The average Bonchev–Trinajstić information content (AvgIpc) is 2.37. The van der Waals surface area contributed by atoms with Crippen molar-refractivity contribution in [2.45, 2.75) is 19.1 Å². The molecule has 94 valence electrons. The van der Waals surface area contributed by atoms with Crippen LogP contribution in [-0.2, 0) is 4.79 Å². The maximum atomic E-state index is 11.1. The van der Waals surface area contributed by atoms with Crippen LogP contribution in [0.2, 0.25) is 0 Å². The molecular weight excluding hydrogens is 218 g/mol. The summed E-state index contributed by atoms with van der Waals surface area (Å²) in [7, 11) is 1.77. The van der Waals surface area contributed by atoms with Gasteiger partial charge < -0.3 is 5.11 Å². The molecule has 1 rings (SSSR count). The minimum absolute atomic E-state index is 0.154. The van der Waals surface area contributed by atoms with Gasteiger partial charge in [-0.3, -0.25) is 15.1 Å². The first-order valence-corrected chi connectivity index (χ1v) is 5.49. The zero-order valence-corrected chi connectivity index (χ0v) is 10.1. The standard InChI is InChI=1S/C12H19N3O2/c1-9(15(2)8-11(16)14-13)12(17)10-6-4-3-5-7-10/h3-7,9,12,17H,8,13H2,1-2H3,(H,14,16)/t9-,12+/m1/s1. The van der Waals surface area contributed by atoms with Crippen LogP contribution in [0.25, 0.3) is 0 Å². The second-order valence-corrected chi connectivity index (χ2v) is 4.08. The van der Waals surface area contributed by atoms with Gasteiger partial charge in [0.1, 0.15) is 0 Å². The molecule has 17 heavy (non-hydrogen) atoms. The Labute approximate surface area is 101 Å². The van der Waals surface area contributed by atoms with Gasteiger partial charge in [0.2, 0.25) is 5.91 Å². The van der Waals surface area contributed by atoms with Crippen LogP contribution < -0.4 is 11.3 Å². The number of carbonyl (C=O) groups is 1. The van der Waals surface area contributed by atoms with Gasteiger partial charge in [0, 0.05) is 6.04 Å². The summed E-state index contributed by atoms with van der Waals surface area (Å²) in [5, 5.41) is 10.1. The Hall–Kier alpha value is -1.43. The van der Waals surface area contributed by atoms with E-state index in [0.29, 0.717) is 0 Å². The summed E-state index contributed by atoms with van der Waals surface area (Å²) in [5.41, 5.74) is 2.90. The van der Waals surface area contributed by atoms with E-state index in [1.54, 1.807) is 11.9 Å². The summed E-state index contributed by atoms with van der Waals surface area (Å²) in [6.45, 7) is 2.02. The fourth-order valence-corrected chi connectivity index (χ4v) is 1.59. The number of amides is 1. The van der Waals surface area contributed by atoms with Gasteiger partial charge in [0.05, 0.1) is 12.6 Å². The van der Waals surface area contributed by atoms with Crippen molar-refractivity contribution in [3.63, 3.8) is 0 Å². The van der Waals surface area contributed by atoms with E-state index < -0.39 is 6.10 Å². The van der Waals surface area contributed by atoms with Crippen molar-refractivity contribution < 1.29 is 9.90 Å². The number of carbonyl (C=O) groups excluding carboxylic acids is 1. The highest BCUT2D eigenvalue weighted by Crippen LogP contribution is 2.19. The number of hydrogen-bond donors (Lipinski definition) is 3. The van der Waals surface area contributed by atoms with Crippen molar-refractivity contribution in [3.05, 3.63) is 35.9 Å². The van der Waals surface area contributed by atoms with Gasteiger partial charge in [0.25, 0.3) is 0 Å². The first-order valence-electron chi connectivity index (χ1n) is 5.49. The highest BCUT2D eigenvalue weighted by molar-refractivity contribution is 5.77. The average molecular weight is 237 g/mol. The third-order valence-corrected chi connectivity index (χ3v) is 2.85. The van der Waals surface area contributed by atoms with E-state index in [2.05, 4.69) is 5.43 Å². The molecule has 0 unspecified atom stereocenters. The van der Waals surface area contributed by atoms with Crippen LogP contribution in [0.3, 0.4) is 0 Å². The molecule has 5 heteroatoms. The molecule has 1 amide bonds. The van der Waals surface area contributed by atoms with Crippen molar-refractivity contribution in [2.24, 2.45) is 5.84 Å². The SMILES string of the molecule is C[C@H]([C@H](O)c1ccccc1)N(C)CC(=O)NN. The predicted molar refractivity (Wildman–Crippen MR) is 65.8 cm³/mol. The maximum absolute atomic E-state index is 11.1. The summed E-state index contributed by atoms with van der Waals surface area (Å²) in [6, 6.07) is 9.19. The van der Waals surface area contributed by atoms with E-state index in [1.165, 1.54) is 0 Å². The highest BCUT2D eigenvalue weighted by Gasteiger charge is 2.21. The maximum Gasteiger partial charge on any atom is 0.248 e. The molecule has 0 radical (unpaired) electrons. The normalized spacial score (nSPS) is 14.4. The lowest BCUT2D eigenvalue weighted by atomic mass is 10.0. The molecule has 0 fully saturated rings. The third-order valence-electron chi connectivity index (χ3n) is 2.85. The monoisotopic (exact) mass is 237 g/mol. The number of rotatable bonds is 5. The molecule has 5 nitrogen and oxygen atoms in total. The first kappa shape index (κ1) is 13.6. The number of hydrogen-bond acceptors (Lipinski definition) is 4. The summed E-state index contributed by atoms with van der Waals surface area (Å²) >= 11 is 0. The lowest BCUT2D eigenvalue weighted by Crippen LogP contribution is -2.43. The van der Waals surface area contributed by atoms with Crippen LogP contribution in [0.1, 0.15) is 18.6 Å². The lowest BCUT2D eigenvalue weighted by molar-refractivity contribution is -0.122. The van der Waals surface area contributed by atoms with Gasteiger partial charge in [-0.05, 0) is 19.5 Å². The van der Waals surface area contributed by atoms with Gasteiger partial charge in [-0.2, -0.15) is 0 Å². The molecular formula is C12H19N3O2. The molecule has 0 saturated heterocycles. The quantitative estimate of drug-likeness (QED) is 0.383. The van der Waals surface area contributed by atoms with E-state index in [9.17, 15) is 9.90 Å². The molecule has 0 aromatic heterocycles. The van der Waals surface area contributed by atoms with Crippen LogP contribution in [0.4, 0.5) is 0 Å². The molecule has 0 spiro atoms. The molecule has 0 aliphatic rings. The Balaban J connectivity index is 2.63. The minimum atomic E-state index is -0.633. The van der Waals surface area contributed by atoms with E-state index >= 15 is 0 Å². The Morgan fingerprint density at radius 3 is 2.59 bits per heavy atom. The van der Waals surface area contributed by atoms with Crippen LogP contribution in [0.15, 0.2) is 30.3 Å². The molecule has 0 heterocycles. The number of aliphatic hydroxyl groups excluding tert-OH is 1. The summed E-state index contributed by atoms with van der Waals surface area (Å²) < 4.78 is 0. The molecule has 1 aromatic carbocycles. The van der Waals surface area contributed by atoms with Crippen molar-refractivity contribution in [3.8, 4) is 0 Å². The predicted octanol–water partition coefficient (Wildman–Crippen LogP) is 0.0302. The molecule has 1 aromatic rings. The van der Waals surface area contributed by atoms with Gasteiger partial charge in [0.15, 0.2) is 0 Å². The van der Waals surface area contributed by atoms with Crippen LogP contribution in [-0.4, -0.2) is 35.5 Å². The van der Waals surface area contributed by atoms with Crippen molar-refractivity contribution in [1.29, 1.82) is 0 Å². The van der Waals surface area contributed by atoms with Crippen molar-refractivity contribution >= 4 is 5.91 Å². The molecule has 0 saturated carbocycles. The Morgan fingerprint density at radius 1 is 1.47 bits per heavy atom. The van der Waals surface area contributed by atoms with E-state index in [0.717, 1.165) is 5.56 Å². The number of nitrogens with zero attached hydrogens (tertiary/aromatic N) is 1. The molecule has 0 aliphatic carbocycles. The summed E-state index contributed by atoms with van der Waals surface area (Å²) in [5.74, 6) is 4.74. The fourth-order valence-electron chi connectivity index (χ4n) is 1.59. The fraction of sp³-hybridized carbons (Fsp3) is 0.417. The van der Waals surface area contributed by atoms with E-state index in [4.69, 9.17) is 5.84 Å². The highest BCUT2D eigenvalue weighted by atomic mass is 16.3. The summed E-state index contributed by atoms with van der Waals surface area (Å²) in [4.78, 5) is 12.9. The lowest BCUT2D eigenvalue weighted by Gasteiger charge is -2.28. The van der Waals surface area contributed by atoms with Crippen molar-refractivity contribution in [2.75, 3.05) is 13.6 Å². The zero-order valence-electron chi connectivity index (χ0n) is 10.1.